The Hall–Kier alpha value is -0.720. The standard InChI is InChI=1S/C13H14BrNO2S2/c1-8-12(10-4-6-11(14)7-5-10)15-13(18-8)9(2)19(3,16)17/h4-7,9H,1-3H3. The highest BCUT2D eigenvalue weighted by atomic mass is 79.9. The zero-order chi connectivity index (χ0) is 14.2. The molecular formula is C13H14BrNO2S2. The highest BCUT2D eigenvalue weighted by Crippen LogP contribution is 2.33. The topological polar surface area (TPSA) is 47.0 Å². The first-order valence-corrected chi connectivity index (χ1v) is 9.27. The Morgan fingerprint density at radius 2 is 1.84 bits per heavy atom. The quantitative estimate of drug-likeness (QED) is 0.832. The van der Waals surface area contributed by atoms with E-state index in [0.717, 1.165) is 20.6 Å². The van der Waals surface area contributed by atoms with Gasteiger partial charge >= 0.3 is 0 Å². The molecule has 2 rings (SSSR count). The van der Waals surface area contributed by atoms with Crippen LogP contribution in [0.2, 0.25) is 0 Å². The Morgan fingerprint density at radius 3 is 2.37 bits per heavy atom. The van der Waals surface area contributed by atoms with Crippen molar-refractivity contribution >= 4 is 37.1 Å². The van der Waals surface area contributed by atoms with Gasteiger partial charge < -0.3 is 0 Å². The van der Waals surface area contributed by atoms with Crippen molar-refractivity contribution in [1.82, 2.24) is 4.98 Å². The van der Waals surface area contributed by atoms with Crippen molar-refractivity contribution in [2.24, 2.45) is 0 Å². The molecule has 0 radical (unpaired) electrons. The van der Waals surface area contributed by atoms with Crippen LogP contribution >= 0.6 is 27.3 Å². The van der Waals surface area contributed by atoms with Gasteiger partial charge in [-0.05, 0) is 26.0 Å². The van der Waals surface area contributed by atoms with Gasteiger partial charge in [0, 0.05) is 21.2 Å². The van der Waals surface area contributed by atoms with Gasteiger partial charge in [0.25, 0.3) is 0 Å². The van der Waals surface area contributed by atoms with Crippen LogP contribution in [0.5, 0.6) is 0 Å². The average Bonchev–Trinajstić information content (AvgIpc) is 2.70. The molecule has 102 valence electrons. The largest absolute Gasteiger partial charge is 0.240 e. The minimum absolute atomic E-state index is 0.555. The Morgan fingerprint density at radius 1 is 1.26 bits per heavy atom. The smallest absolute Gasteiger partial charge is 0.156 e. The van der Waals surface area contributed by atoms with Crippen LogP contribution in [0.15, 0.2) is 28.7 Å². The minimum atomic E-state index is -3.11. The summed E-state index contributed by atoms with van der Waals surface area (Å²) < 4.78 is 24.2. The molecule has 0 N–H and O–H groups in total. The number of thiazole rings is 1. The Balaban J connectivity index is 2.45. The first-order valence-electron chi connectivity index (χ1n) is 5.71. The third-order valence-electron chi connectivity index (χ3n) is 2.92. The number of hydrogen-bond donors (Lipinski definition) is 0. The van der Waals surface area contributed by atoms with Crippen LogP contribution in [0.3, 0.4) is 0 Å². The lowest BCUT2D eigenvalue weighted by Gasteiger charge is -2.04. The maximum atomic E-state index is 11.6. The molecule has 0 saturated carbocycles. The molecule has 3 nitrogen and oxygen atoms in total. The van der Waals surface area contributed by atoms with Gasteiger partial charge in [-0.3, -0.25) is 0 Å². The molecule has 1 aromatic carbocycles. The molecule has 6 heteroatoms. The third-order valence-corrected chi connectivity index (χ3v) is 6.26. The number of aromatic nitrogens is 1. The zero-order valence-electron chi connectivity index (χ0n) is 10.8. The second-order valence-electron chi connectivity index (χ2n) is 4.44. The van der Waals surface area contributed by atoms with Gasteiger partial charge in [0.1, 0.15) is 10.3 Å². The summed E-state index contributed by atoms with van der Waals surface area (Å²) in [5.41, 5.74) is 1.87. The van der Waals surface area contributed by atoms with E-state index in [4.69, 9.17) is 0 Å². The van der Waals surface area contributed by atoms with Crippen LogP contribution in [0, 0.1) is 6.92 Å². The predicted octanol–water partition coefficient (Wildman–Crippen LogP) is 3.99. The fraction of sp³-hybridized carbons (Fsp3) is 0.308. The zero-order valence-corrected chi connectivity index (χ0v) is 14.1. The van der Waals surface area contributed by atoms with Crippen molar-refractivity contribution in [3.63, 3.8) is 0 Å². The number of hydrogen-bond acceptors (Lipinski definition) is 4. The van der Waals surface area contributed by atoms with Gasteiger partial charge in [-0.25, -0.2) is 13.4 Å². The molecule has 1 unspecified atom stereocenters. The van der Waals surface area contributed by atoms with Crippen LogP contribution in [-0.2, 0) is 9.84 Å². The Bertz CT molecular complexity index is 690. The van der Waals surface area contributed by atoms with E-state index >= 15 is 0 Å². The molecule has 0 fully saturated rings. The number of benzene rings is 1. The van der Waals surface area contributed by atoms with Crippen LogP contribution in [0.4, 0.5) is 0 Å². The van der Waals surface area contributed by atoms with E-state index in [-0.39, 0.29) is 0 Å². The van der Waals surface area contributed by atoms with Gasteiger partial charge in [0.15, 0.2) is 9.84 Å². The lowest BCUT2D eigenvalue weighted by molar-refractivity contribution is 0.592. The van der Waals surface area contributed by atoms with Gasteiger partial charge in [-0.2, -0.15) is 0 Å². The van der Waals surface area contributed by atoms with Crippen LogP contribution < -0.4 is 0 Å². The molecule has 0 spiro atoms. The lowest BCUT2D eigenvalue weighted by Crippen LogP contribution is -2.07. The van der Waals surface area contributed by atoms with Gasteiger partial charge in [-0.15, -0.1) is 11.3 Å². The SMILES string of the molecule is Cc1sc(C(C)S(C)(=O)=O)nc1-c1ccc(Br)cc1. The highest BCUT2D eigenvalue weighted by molar-refractivity contribution is 9.10. The summed E-state index contributed by atoms with van der Waals surface area (Å²) in [7, 11) is -3.11. The molecule has 0 amide bonds. The first-order chi connectivity index (χ1) is 8.79. The molecule has 0 aliphatic heterocycles. The molecule has 1 aromatic heterocycles. The normalized spacial score (nSPS) is 13.5. The molecule has 0 bridgehead atoms. The summed E-state index contributed by atoms with van der Waals surface area (Å²) in [6, 6.07) is 7.85. The van der Waals surface area contributed by atoms with E-state index in [1.807, 2.05) is 31.2 Å². The van der Waals surface area contributed by atoms with Crippen molar-refractivity contribution in [2.45, 2.75) is 19.1 Å². The number of halogens is 1. The maximum Gasteiger partial charge on any atom is 0.156 e. The van der Waals surface area contributed by atoms with Crippen molar-refractivity contribution in [2.75, 3.05) is 6.26 Å². The van der Waals surface area contributed by atoms with E-state index in [1.54, 1.807) is 6.92 Å². The molecule has 19 heavy (non-hydrogen) atoms. The van der Waals surface area contributed by atoms with Gasteiger partial charge in [-0.1, -0.05) is 28.1 Å². The number of rotatable bonds is 3. The molecular weight excluding hydrogens is 346 g/mol. The van der Waals surface area contributed by atoms with E-state index in [0.29, 0.717) is 5.01 Å². The van der Waals surface area contributed by atoms with Crippen molar-refractivity contribution in [1.29, 1.82) is 0 Å². The monoisotopic (exact) mass is 359 g/mol. The van der Waals surface area contributed by atoms with Gasteiger partial charge in [0.2, 0.25) is 0 Å². The maximum absolute atomic E-state index is 11.6. The number of aryl methyl sites for hydroxylation is 1. The van der Waals surface area contributed by atoms with Crippen LogP contribution in [0.25, 0.3) is 11.3 Å². The summed E-state index contributed by atoms with van der Waals surface area (Å²) in [4.78, 5) is 5.54. The van der Waals surface area contributed by atoms with E-state index in [1.165, 1.54) is 17.6 Å². The lowest BCUT2D eigenvalue weighted by atomic mass is 10.1. The minimum Gasteiger partial charge on any atom is -0.240 e. The van der Waals surface area contributed by atoms with Crippen LogP contribution in [0.1, 0.15) is 22.1 Å². The highest BCUT2D eigenvalue weighted by Gasteiger charge is 2.22. The van der Waals surface area contributed by atoms with Crippen molar-refractivity contribution < 1.29 is 8.42 Å². The summed E-state index contributed by atoms with van der Waals surface area (Å²) >= 11 is 4.84. The molecule has 0 aliphatic carbocycles. The van der Waals surface area contributed by atoms with E-state index in [9.17, 15) is 8.42 Å². The Kier molecular flexibility index (Phi) is 4.13. The first kappa shape index (κ1) is 14.7. The van der Waals surface area contributed by atoms with Crippen molar-refractivity contribution in [3.05, 3.63) is 38.6 Å². The predicted molar refractivity (Wildman–Crippen MR) is 83.2 cm³/mol. The summed E-state index contributed by atoms with van der Waals surface area (Å²) in [6.07, 6.45) is 1.24. The molecule has 1 atom stereocenters. The average molecular weight is 360 g/mol. The fourth-order valence-electron chi connectivity index (χ4n) is 1.65. The third kappa shape index (κ3) is 3.24. The number of nitrogens with zero attached hydrogens (tertiary/aromatic N) is 1. The summed E-state index contributed by atoms with van der Waals surface area (Å²) in [6.45, 7) is 3.65. The van der Waals surface area contributed by atoms with Crippen molar-refractivity contribution in [3.8, 4) is 11.3 Å². The summed E-state index contributed by atoms with van der Waals surface area (Å²) in [5, 5.41) is 0.0957. The van der Waals surface area contributed by atoms with E-state index in [2.05, 4.69) is 20.9 Å². The van der Waals surface area contributed by atoms with E-state index < -0.39 is 15.1 Å². The fourth-order valence-corrected chi connectivity index (χ4v) is 3.88. The van der Waals surface area contributed by atoms with Gasteiger partial charge in [0.05, 0.1) is 5.69 Å². The summed E-state index contributed by atoms with van der Waals surface area (Å²) in [5.74, 6) is 0. The molecule has 2 aromatic rings. The second-order valence-corrected chi connectivity index (χ2v) is 8.95. The molecule has 0 aliphatic rings. The molecule has 0 saturated heterocycles. The second kappa shape index (κ2) is 5.34. The number of sulfone groups is 1. The molecule has 1 heterocycles. The Labute approximate surface area is 125 Å². The van der Waals surface area contributed by atoms with Crippen LogP contribution in [-0.4, -0.2) is 19.7 Å².